The summed E-state index contributed by atoms with van der Waals surface area (Å²) in [4.78, 5) is 4.59. The molecular weight excluding hydrogens is 491 g/mol. The summed E-state index contributed by atoms with van der Waals surface area (Å²) in [6.07, 6.45) is 0. The molecule has 0 amide bonds. The third kappa shape index (κ3) is 2.74. The van der Waals surface area contributed by atoms with E-state index in [1.807, 2.05) is 24.3 Å². The molecule has 2 aliphatic rings. The van der Waals surface area contributed by atoms with Crippen LogP contribution in [0.2, 0.25) is 0 Å². The SMILES string of the molecule is O=P12c3ccccc3N(c3ccccc3)c3cccc(c31)N(c1ccccc1)c1c2sc2ccccc12. The highest BCUT2D eigenvalue weighted by Gasteiger charge is 2.50. The van der Waals surface area contributed by atoms with Gasteiger partial charge in [0.2, 0.25) is 0 Å². The maximum absolute atomic E-state index is 15.8. The largest absolute Gasteiger partial charge is 0.309 e. The molecule has 5 heteroatoms. The maximum atomic E-state index is 15.8. The molecule has 3 heterocycles. The first kappa shape index (κ1) is 21.0. The first-order valence-electron chi connectivity index (χ1n) is 12.3. The summed E-state index contributed by atoms with van der Waals surface area (Å²) in [6, 6.07) is 43.9. The van der Waals surface area contributed by atoms with Gasteiger partial charge in [-0.2, -0.15) is 0 Å². The highest BCUT2D eigenvalue weighted by atomic mass is 32.1. The second kappa shape index (κ2) is 7.69. The Morgan fingerprint density at radius 3 is 1.86 bits per heavy atom. The van der Waals surface area contributed by atoms with E-state index in [9.17, 15) is 0 Å². The van der Waals surface area contributed by atoms with Gasteiger partial charge in [-0.05, 0) is 54.6 Å². The predicted molar refractivity (Wildman–Crippen MR) is 158 cm³/mol. The third-order valence-electron chi connectivity index (χ3n) is 7.34. The molecule has 2 aliphatic heterocycles. The lowest BCUT2D eigenvalue weighted by Crippen LogP contribution is -2.41. The zero-order valence-electron chi connectivity index (χ0n) is 19.8. The van der Waals surface area contributed by atoms with Crippen LogP contribution in [0.3, 0.4) is 0 Å². The first-order valence-corrected chi connectivity index (χ1v) is 14.8. The Bertz CT molecular complexity index is 1880. The van der Waals surface area contributed by atoms with Crippen LogP contribution in [0.1, 0.15) is 0 Å². The highest BCUT2D eigenvalue weighted by Crippen LogP contribution is 2.63. The van der Waals surface area contributed by atoms with Crippen molar-refractivity contribution in [1.29, 1.82) is 0 Å². The molecule has 0 spiro atoms. The molecule has 8 rings (SSSR count). The fourth-order valence-corrected chi connectivity index (χ4v) is 11.1. The van der Waals surface area contributed by atoms with E-state index in [0.29, 0.717) is 0 Å². The Morgan fingerprint density at radius 1 is 0.541 bits per heavy atom. The fourth-order valence-electron chi connectivity index (χ4n) is 5.85. The standard InChI is InChI=1S/C32H21N2OPS/c35-36-28-20-9-8-17-25(28)33(22-12-3-1-4-13-22)26-18-11-19-27(31(26)36)34(23-14-5-2-6-15-23)30-24-16-7-10-21-29(24)37-32(30)36/h1-21H. The van der Waals surface area contributed by atoms with E-state index in [4.69, 9.17) is 0 Å². The van der Waals surface area contributed by atoms with E-state index >= 15 is 4.57 Å². The normalized spacial score (nSPS) is 17.3. The number of rotatable bonds is 2. The molecule has 0 fully saturated rings. The minimum absolute atomic E-state index is 0.902. The predicted octanol–water partition coefficient (Wildman–Crippen LogP) is 8.11. The molecule has 3 nitrogen and oxygen atoms in total. The van der Waals surface area contributed by atoms with E-state index < -0.39 is 7.14 Å². The van der Waals surface area contributed by atoms with Crippen LogP contribution in [0.15, 0.2) is 127 Å². The second-order valence-corrected chi connectivity index (χ2v) is 13.3. The van der Waals surface area contributed by atoms with Crippen molar-refractivity contribution >= 4 is 77.9 Å². The first-order chi connectivity index (χ1) is 18.3. The molecule has 176 valence electrons. The average Bonchev–Trinajstić information content (AvgIpc) is 3.35. The van der Waals surface area contributed by atoms with E-state index in [-0.39, 0.29) is 0 Å². The van der Waals surface area contributed by atoms with Crippen LogP contribution < -0.4 is 25.0 Å². The fraction of sp³-hybridized carbons (Fsp3) is 0. The molecule has 0 aliphatic carbocycles. The van der Waals surface area contributed by atoms with Crippen LogP contribution in [-0.4, -0.2) is 0 Å². The van der Waals surface area contributed by atoms with Gasteiger partial charge in [-0.3, -0.25) is 0 Å². The van der Waals surface area contributed by atoms with Crippen LogP contribution in [-0.2, 0) is 4.57 Å². The molecule has 0 saturated heterocycles. The lowest BCUT2D eigenvalue weighted by molar-refractivity contribution is 0.592. The van der Waals surface area contributed by atoms with E-state index in [1.54, 1.807) is 11.3 Å². The van der Waals surface area contributed by atoms with E-state index in [0.717, 1.165) is 59.4 Å². The summed E-state index contributed by atoms with van der Waals surface area (Å²) in [6.45, 7) is 0. The van der Waals surface area contributed by atoms with Crippen LogP contribution in [0, 0.1) is 0 Å². The van der Waals surface area contributed by atoms with Crippen molar-refractivity contribution in [2.45, 2.75) is 0 Å². The smallest absolute Gasteiger partial charge is 0.188 e. The average molecular weight is 513 g/mol. The minimum Gasteiger partial charge on any atom is -0.309 e. The van der Waals surface area contributed by atoms with Crippen molar-refractivity contribution in [3.8, 4) is 0 Å². The number of hydrogen-bond donors (Lipinski definition) is 0. The molecule has 0 N–H and O–H groups in total. The summed E-state index contributed by atoms with van der Waals surface area (Å²) < 4.78 is 17.9. The lowest BCUT2D eigenvalue weighted by Gasteiger charge is -2.43. The number of nitrogens with zero attached hydrogens (tertiary/aromatic N) is 2. The Hall–Kier alpha value is -4.11. The second-order valence-electron chi connectivity index (χ2n) is 9.34. The number of benzene rings is 5. The zero-order chi connectivity index (χ0) is 24.6. The Morgan fingerprint density at radius 2 is 1.11 bits per heavy atom. The number of anilines is 6. The Balaban J connectivity index is 1.55. The van der Waals surface area contributed by atoms with Crippen LogP contribution in [0.25, 0.3) is 10.1 Å². The van der Waals surface area contributed by atoms with Crippen molar-refractivity contribution in [3.05, 3.63) is 127 Å². The van der Waals surface area contributed by atoms with Gasteiger partial charge in [0.1, 0.15) is 0 Å². The van der Waals surface area contributed by atoms with Crippen molar-refractivity contribution in [3.63, 3.8) is 0 Å². The molecule has 0 bridgehead atoms. The number of thiophene rings is 1. The van der Waals surface area contributed by atoms with Gasteiger partial charge >= 0.3 is 0 Å². The number of hydrogen-bond acceptors (Lipinski definition) is 4. The van der Waals surface area contributed by atoms with Crippen molar-refractivity contribution in [2.75, 3.05) is 9.80 Å². The van der Waals surface area contributed by atoms with E-state index in [2.05, 4.69) is 113 Å². The molecular formula is C32H21N2OPS. The van der Waals surface area contributed by atoms with Gasteiger partial charge in [0, 0.05) is 26.8 Å². The molecule has 1 atom stereocenters. The monoisotopic (exact) mass is 512 g/mol. The molecule has 1 aromatic heterocycles. The Labute approximate surface area is 219 Å². The lowest BCUT2D eigenvalue weighted by atomic mass is 10.1. The summed E-state index contributed by atoms with van der Waals surface area (Å²) in [7, 11) is -3.17. The zero-order valence-corrected chi connectivity index (χ0v) is 21.5. The van der Waals surface area contributed by atoms with Gasteiger partial charge in [-0.15, -0.1) is 11.3 Å². The van der Waals surface area contributed by atoms with Crippen LogP contribution in [0.4, 0.5) is 34.1 Å². The quantitative estimate of drug-likeness (QED) is 0.219. The van der Waals surface area contributed by atoms with Gasteiger partial charge in [0.05, 0.1) is 32.7 Å². The summed E-state index contributed by atoms with van der Waals surface area (Å²) >= 11 is 1.67. The van der Waals surface area contributed by atoms with Gasteiger partial charge in [0.15, 0.2) is 7.14 Å². The molecule has 37 heavy (non-hydrogen) atoms. The summed E-state index contributed by atoms with van der Waals surface area (Å²) in [5, 5.41) is 2.96. The molecule has 1 unspecified atom stereocenters. The van der Waals surface area contributed by atoms with Crippen molar-refractivity contribution < 1.29 is 4.57 Å². The van der Waals surface area contributed by atoms with Crippen LogP contribution >= 0.6 is 18.5 Å². The molecule has 6 aromatic rings. The Kier molecular flexibility index (Phi) is 4.37. The van der Waals surface area contributed by atoms with Gasteiger partial charge in [0.25, 0.3) is 0 Å². The van der Waals surface area contributed by atoms with E-state index in [1.165, 1.54) is 0 Å². The highest BCUT2D eigenvalue weighted by molar-refractivity contribution is 7.90. The van der Waals surface area contributed by atoms with Gasteiger partial charge in [-0.25, -0.2) is 0 Å². The molecule has 0 radical (unpaired) electrons. The summed E-state index contributed by atoms with van der Waals surface area (Å²) in [5.74, 6) is 0. The van der Waals surface area contributed by atoms with Crippen molar-refractivity contribution in [1.82, 2.24) is 0 Å². The minimum atomic E-state index is -3.17. The number of para-hydroxylation sites is 3. The van der Waals surface area contributed by atoms with Crippen molar-refractivity contribution in [2.24, 2.45) is 0 Å². The number of fused-ring (bicyclic) bond motifs is 6. The van der Waals surface area contributed by atoms with Gasteiger partial charge < -0.3 is 14.4 Å². The molecule has 5 aromatic carbocycles. The summed E-state index contributed by atoms with van der Waals surface area (Å²) in [5.41, 5.74) is 6.12. The maximum Gasteiger partial charge on any atom is 0.188 e. The third-order valence-corrected chi connectivity index (χ3v) is 12.3. The molecule has 0 saturated carbocycles. The van der Waals surface area contributed by atoms with Gasteiger partial charge in [-0.1, -0.05) is 72.8 Å². The van der Waals surface area contributed by atoms with Crippen LogP contribution in [0.5, 0.6) is 0 Å². The topological polar surface area (TPSA) is 23.6 Å².